The summed E-state index contributed by atoms with van der Waals surface area (Å²) in [5.41, 5.74) is 0. The Bertz CT molecular complexity index is 333. The van der Waals surface area contributed by atoms with E-state index in [1.807, 2.05) is 6.92 Å². The molecule has 0 saturated heterocycles. The molecule has 0 radical (unpaired) electrons. The van der Waals surface area contributed by atoms with Gasteiger partial charge in [0.1, 0.15) is 0 Å². The lowest BCUT2D eigenvalue weighted by Crippen LogP contribution is -2.29. The van der Waals surface area contributed by atoms with Crippen molar-refractivity contribution in [3.8, 4) is 0 Å². The van der Waals surface area contributed by atoms with Crippen LogP contribution in [0.4, 0.5) is 0 Å². The van der Waals surface area contributed by atoms with E-state index in [2.05, 4.69) is 22.8 Å². The van der Waals surface area contributed by atoms with Crippen LogP contribution >= 0.6 is 11.3 Å². The highest BCUT2D eigenvalue weighted by atomic mass is 32.1. The van der Waals surface area contributed by atoms with Crippen LogP contribution in [-0.4, -0.2) is 19.1 Å². The quantitative estimate of drug-likeness (QED) is 0.774. The number of hydrogen-bond donors (Lipinski definition) is 1. The second kappa shape index (κ2) is 5.46. The zero-order chi connectivity index (χ0) is 11.4. The molecule has 4 heteroatoms. The minimum Gasteiger partial charge on any atom is -0.465 e. The predicted octanol–water partition coefficient (Wildman–Crippen LogP) is 2.35. The highest BCUT2D eigenvalue weighted by Crippen LogP contribution is 2.42. The summed E-state index contributed by atoms with van der Waals surface area (Å²) in [6.07, 6.45) is 2.52. The van der Waals surface area contributed by atoms with Crippen molar-refractivity contribution < 1.29 is 9.53 Å². The van der Waals surface area contributed by atoms with Gasteiger partial charge in [0.15, 0.2) is 0 Å². The number of rotatable bonds is 6. The number of ether oxygens (including phenoxy) is 1. The Labute approximate surface area is 99.8 Å². The molecule has 1 fully saturated rings. The lowest BCUT2D eigenvalue weighted by atomic mass is 10.1. The molecule has 1 aromatic heterocycles. The lowest BCUT2D eigenvalue weighted by Gasteiger charge is -2.16. The van der Waals surface area contributed by atoms with Crippen molar-refractivity contribution >= 4 is 17.3 Å². The van der Waals surface area contributed by atoms with E-state index in [0.29, 0.717) is 25.1 Å². The second-order valence-electron chi connectivity index (χ2n) is 4.02. The summed E-state index contributed by atoms with van der Waals surface area (Å²) >= 11 is 1.75. The average Bonchev–Trinajstić information content (AvgIpc) is 2.94. The van der Waals surface area contributed by atoms with Gasteiger partial charge in [-0.2, -0.15) is 0 Å². The summed E-state index contributed by atoms with van der Waals surface area (Å²) in [6.45, 7) is 2.59. The van der Waals surface area contributed by atoms with Crippen molar-refractivity contribution in [2.45, 2.75) is 25.8 Å². The number of thiophene rings is 1. The topological polar surface area (TPSA) is 38.3 Å². The number of nitrogens with one attached hydrogen (secondary N) is 1. The van der Waals surface area contributed by atoms with Crippen LogP contribution in [0.1, 0.15) is 30.7 Å². The first-order valence-corrected chi connectivity index (χ1v) is 6.61. The van der Waals surface area contributed by atoms with Crippen LogP contribution < -0.4 is 5.32 Å². The molecular weight excluding hydrogens is 222 g/mol. The molecule has 0 aliphatic heterocycles. The minimum absolute atomic E-state index is 0.162. The van der Waals surface area contributed by atoms with Crippen molar-refractivity contribution in [1.82, 2.24) is 5.32 Å². The van der Waals surface area contributed by atoms with E-state index in [1.165, 1.54) is 17.7 Å². The summed E-state index contributed by atoms with van der Waals surface area (Å²) in [7, 11) is 0. The Kier molecular flexibility index (Phi) is 3.96. The number of carbonyl (C=O) groups excluding carboxylic acids is 1. The van der Waals surface area contributed by atoms with Gasteiger partial charge in [-0.05, 0) is 37.1 Å². The van der Waals surface area contributed by atoms with Crippen LogP contribution in [0.25, 0.3) is 0 Å². The van der Waals surface area contributed by atoms with Gasteiger partial charge in [0.25, 0.3) is 0 Å². The van der Waals surface area contributed by atoms with Crippen LogP contribution in [-0.2, 0) is 9.53 Å². The van der Waals surface area contributed by atoms with Gasteiger partial charge in [0.2, 0.25) is 0 Å². The fourth-order valence-electron chi connectivity index (χ4n) is 1.80. The molecule has 1 aliphatic rings. The molecule has 16 heavy (non-hydrogen) atoms. The normalized spacial score (nSPS) is 17.1. The van der Waals surface area contributed by atoms with Gasteiger partial charge < -0.3 is 4.74 Å². The van der Waals surface area contributed by atoms with Crippen LogP contribution in [0.15, 0.2) is 17.5 Å². The zero-order valence-corrected chi connectivity index (χ0v) is 10.3. The Morgan fingerprint density at radius 3 is 3.06 bits per heavy atom. The summed E-state index contributed by atoms with van der Waals surface area (Å²) < 4.78 is 4.91. The molecule has 1 aromatic rings. The van der Waals surface area contributed by atoms with Gasteiger partial charge in [-0.15, -0.1) is 11.3 Å². The molecule has 1 saturated carbocycles. The smallest absolute Gasteiger partial charge is 0.319 e. The summed E-state index contributed by atoms with van der Waals surface area (Å²) in [4.78, 5) is 12.6. The van der Waals surface area contributed by atoms with Crippen molar-refractivity contribution in [2.75, 3.05) is 13.2 Å². The Morgan fingerprint density at radius 2 is 2.50 bits per heavy atom. The molecule has 0 amide bonds. The first-order valence-electron chi connectivity index (χ1n) is 5.73. The maximum atomic E-state index is 11.3. The highest BCUT2D eigenvalue weighted by molar-refractivity contribution is 7.10. The van der Waals surface area contributed by atoms with E-state index in [1.54, 1.807) is 11.3 Å². The van der Waals surface area contributed by atoms with Crippen LogP contribution in [0.2, 0.25) is 0 Å². The summed E-state index contributed by atoms with van der Waals surface area (Å²) in [5, 5.41) is 5.38. The molecule has 1 atom stereocenters. The van der Waals surface area contributed by atoms with E-state index in [0.717, 1.165) is 0 Å². The Morgan fingerprint density at radius 1 is 1.69 bits per heavy atom. The summed E-state index contributed by atoms with van der Waals surface area (Å²) in [5.74, 6) is 0.540. The van der Waals surface area contributed by atoms with Crippen molar-refractivity contribution in [3.63, 3.8) is 0 Å². The second-order valence-corrected chi connectivity index (χ2v) is 5.00. The van der Waals surface area contributed by atoms with Gasteiger partial charge >= 0.3 is 5.97 Å². The molecule has 88 valence electrons. The monoisotopic (exact) mass is 239 g/mol. The first kappa shape index (κ1) is 11.6. The maximum absolute atomic E-state index is 11.3. The Balaban J connectivity index is 1.87. The zero-order valence-electron chi connectivity index (χ0n) is 9.44. The standard InChI is InChI=1S/C12H17NO2S/c1-2-15-11(14)8-13-12(9-5-6-9)10-4-3-7-16-10/h3-4,7,9,12-13H,2,5-6,8H2,1H3. The summed E-state index contributed by atoms with van der Waals surface area (Å²) in [6, 6.07) is 4.53. The van der Waals surface area contributed by atoms with Crippen molar-refractivity contribution in [1.29, 1.82) is 0 Å². The van der Waals surface area contributed by atoms with E-state index in [9.17, 15) is 4.79 Å². The molecule has 0 spiro atoms. The van der Waals surface area contributed by atoms with Gasteiger partial charge in [-0.25, -0.2) is 0 Å². The molecule has 0 bridgehead atoms. The Hall–Kier alpha value is -0.870. The van der Waals surface area contributed by atoms with Crippen LogP contribution in [0, 0.1) is 5.92 Å². The van der Waals surface area contributed by atoms with Gasteiger partial charge in [0.05, 0.1) is 13.2 Å². The van der Waals surface area contributed by atoms with Crippen LogP contribution in [0.5, 0.6) is 0 Å². The minimum atomic E-state index is -0.162. The largest absolute Gasteiger partial charge is 0.465 e. The number of carbonyl (C=O) groups is 1. The SMILES string of the molecule is CCOC(=O)CNC(c1cccs1)C1CC1. The lowest BCUT2D eigenvalue weighted by molar-refractivity contribution is -0.142. The van der Waals surface area contributed by atoms with Gasteiger partial charge in [-0.1, -0.05) is 6.07 Å². The molecule has 3 nitrogen and oxygen atoms in total. The molecular formula is C12H17NO2S. The van der Waals surface area contributed by atoms with Crippen molar-refractivity contribution in [2.24, 2.45) is 5.92 Å². The van der Waals surface area contributed by atoms with Gasteiger partial charge in [-0.3, -0.25) is 10.1 Å². The molecule has 1 unspecified atom stereocenters. The predicted molar refractivity (Wildman–Crippen MR) is 64.4 cm³/mol. The molecule has 0 aromatic carbocycles. The van der Waals surface area contributed by atoms with Crippen molar-refractivity contribution in [3.05, 3.63) is 22.4 Å². The van der Waals surface area contributed by atoms with E-state index in [-0.39, 0.29) is 5.97 Å². The van der Waals surface area contributed by atoms with Gasteiger partial charge in [0, 0.05) is 10.9 Å². The molecule has 1 aliphatic carbocycles. The van der Waals surface area contributed by atoms with E-state index < -0.39 is 0 Å². The third-order valence-electron chi connectivity index (χ3n) is 2.71. The van der Waals surface area contributed by atoms with Crippen LogP contribution in [0.3, 0.4) is 0 Å². The molecule has 2 rings (SSSR count). The third-order valence-corrected chi connectivity index (χ3v) is 3.67. The fourth-order valence-corrected chi connectivity index (χ4v) is 2.70. The average molecular weight is 239 g/mol. The first-order chi connectivity index (χ1) is 7.81. The van der Waals surface area contributed by atoms with E-state index in [4.69, 9.17) is 4.74 Å². The maximum Gasteiger partial charge on any atom is 0.319 e. The fraction of sp³-hybridized carbons (Fsp3) is 0.583. The third kappa shape index (κ3) is 3.06. The molecule has 1 heterocycles. The number of hydrogen-bond acceptors (Lipinski definition) is 4. The van der Waals surface area contributed by atoms with E-state index >= 15 is 0 Å². The number of esters is 1. The highest BCUT2D eigenvalue weighted by Gasteiger charge is 2.32. The molecule has 1 N–H and O–H groups in total.